The fourth-order valence-electron chi connectivity index (χ4n) is 2.65. The summed E-state index contributed by atoms with van der Waals surface area (Å²) in [7, 11) is 0. The van der Waals surface area contributed by atoms with E-state index >= 15 is 0 Å². The van der Waals surface area contributed by atoms with E-state index in [1.807, 2.05) is 0 Å². The van der Waals surface area contributed by atoms with Gasteiger partial charge >= 0.3 is 6.36 Å². The number of aliphatic imine (C=N–C) groups is 1. The second-order valence-electron chi connectivity index (χ2n) is 5.52. The van der Waals surface area contributed by atoms with Gasteiger partial charge < -0.3 is 10.1 Å². The second kappa shape index (κ2) is 6.88. The van der Waals surface area contributed by atoms with Gasteiger partial charge in [-0.1, -0.05) is 31.0 Å². The second-order valence-corrected chi connectivity index (χ2v) is 6.55. The van der Waals surface area contributed by atoms with Crippen LogP contribution in [0.5, 0.6) is 5.75 Å². The summed E-state index contributed by atoms with van der Waals surface area (Å²) in [5, 5.41) is 3.17. The maximum absolute atomic E-state index is 12.5. The summed E-state index contributed by atoms with van der Waals surface area (Å²) in [6.45, 7) is 0. The molecule has 128 valence electrons. The Bertz CT molecular complexity index is 695. The zero-order chi connectivity index (χ0) is 17.2. The zero-order valence-electron chi connectivity index (χ0n) is 12.6. The maximum atomic E-state index is 12.5. The molecular formula is C16H15F3N2O2S. The largest absolute Gasteiger partial charge is 0.573 e. The van der Waals surface area contributed by atoms with E-state index in [0.29, 0.717) is 10.1 Å². The first-order valence-electron chi connectivity index (χ1n) is 7.54. The Morgan fingerprint density at radius 3 is 2.67 bits per heavy atom. The minimum atomic E-state index is -4.78. The number of nitrogens with one attached hydrogen (secondary N) is 1. The van der Waals surface area contributed by atoms with Crippen molar-refractivity contribution in [3.05, 3.63) is 34.7 Å². The van der Waals surface area contributed by atoms with E-state index in [0.717, 1.165) is 37.4 Å². The SMILES string of the molecule is O=C1NC(=NC2CCCC2)S/C1=C/c1ccccc1OC(F)(F)F. The molecule has 1 aliphatic heterocycles. The van der Waals surface area contributed by atoms with E-state index in [-0.39, 0.29) is 23.3 Å². The van der Waals surface area contributed by atoms with Gasteiger partial charge in [-0.15, -0.1) is 13.2 Å². The lowest BCUT2D eigenvalue weighted by atomic mass is 10.2. The molecule has 2 fully saturated rings. The molecule has 1 aromatic carbocycles. The first-order valence-corrected chi connectivity index (χ1v) is 8.36. The molecule has 8 heteroatoms. The summed E-state index contributed by atoms with van der Waals surface area (Å²) < 4.78 is 41.4. The van der Waals surface area contributed by atoms with Crippen molar-refractivity contribution in [2.75, 3.05) is 0 Å². The number of ether oxygens (including phenoxy) is 1. The number of para-hydroxylation sites is 1. The van der Waals surface area contributed by atoms with Crippen molar-refractivity contribution in [1.82, 2.24) is 5.32 Å². The van der Waals surface area contributed by atoms with E-state index in [1.54, 1.807) is 6.07 Å². The molecule has 1 heterocycles. The highest BCUT2D eigenvalue weighted by atomic mass is 32.2. The third-order valence-corrected chi connectivity index (χ3v) is 4.63. The number of benzene rings is 1. The van der Waals surface area contributed by atoms with Gasteiger partial charge in [0.2, 0.25) is 0 Å². The van der Waals surface area contributed by atoms with Crippen molar-refractivity contribution < 1.29 is 22.7 Å². The lowest BCUT2D eigenvalue weighted by Gasteiger charge is -2.11. The maximum Gasteiger partial charge on any atom is 0.573 e. The Labute approximate surface area is 141 Å². The molecule has 0 radical (unpaired) electrons. The number of carbonyl (C=O) groups excluding carboxylic acids is 1. The molecule has 4 nitrogen and oxygen atoms in total. The van der Waals surface area contributed by atoms with Crippen molar-refractivity contribution in [3.8, 4) is 5.75 Å². The number of amides is 1. The first-order chi connectivity index (χ1) is 11.4. The van der Waals surface area contributed by atoms with Crippen molar-refractivity contribution in [1.29, 1.82) is 0 Å². The smallest absolute Gasteiger partial charge is 0.405 e. The van der Waals surface area contributed by atoms with Crippen molar-refractivity contribution in [2.45, 2.75) is 38.1 Å². The van der Waals surface area contributed by atoms with Crippen LogP contribution in [0.4, 0.5) is 13.2 Å². The predicted octanol–water partition coefficient (Wildman–Crippen LogP) is 4.09. The molecule has 3 rings (SSSR count). The van der Waals surface area contributed by atoms with Gasteiger partial charge in [0, 0.05) is 5.56 Å². The predicted molar refractivity (Wildman–Crippen MR) is 86.5 cm³/mol. The molecule has 24 heavy (non-hydrogen) atoms. The fraction of sp³-hybridized carbons (Fsp3) is 0.375. The van der Waals surface area contributed by atoms with Crippen LogP contribution in [-0.4, -0.2) is 23.5 Å². The third kappa shape index (κ3) is 4.31. The van der Waals surface area contributed by atoms with E-state index in [4.69, 9.17) is 0 Å². The Morgan fingerprint density at radius 2 is 1.96 bits per heavy atom. The Balaban J connectivity index is 1.80. The van der Waals surface area contributed by atoms with Gasteiger partial charge in [0.1, 0.15) is 5.75 Å². The topological polar surface area (TPSA) is 50.7 Å². The number of rotatable bonds is 3. The van der Waals surface area contributed by atoms with Crippen LogP contribution >= 0.6 is 11.8 Å². The van der Waals surface area contributed by atoms with Gasteiger partial charge in [-0.25, -0.2) is 0 Å². The molecule has 1 aliphatic carbocycles. The van der Waals surface area contributed by atoms with Gasteiger partial charge in [-0.2, -0.15) is 0 Å². The van der Waals surface area contributed by atoms with Crippen LogP contribution in [0, 0.1) is 0 Å². The Hall–Kier alpha value is -1.96. The highest BCUT2D eigenvalue weighted by molar-refractivity contribution is 8.18. The van der Waals surface area contributed by atoms with Crippen LogP contribution in [0.2, 0.25) is 0 Å². The number of alkyl halides is 3. The number of halogens is 3. The Kier molecular flexibility index (Phi) is 4.84. The number of thioether (sulfide) groups is 1. The Morgan fingerprint density at radius 1 is 1.25 bits per heavy atom. The molecule has 2 aliphatic rings. The molecular weight excluding hydrogens is 341 g/mol. The quantitative estimate of drug-likeness (QED) is 0.830. The van der Waals surface area contributed by atoms with Crippen LogP contribution in [-0.2, 0) is 4.79 Å². The van der Waals surface area contributed by atoms with Crippen molar-refractivity contribution >= 4 is 28.9 Å². The van der Waals surface area contributed by atoms with Crippen LogP contribution in [0.1, 0.15) is 31.2 Å². The van der Waals surface area contributed by atoms with Crippen molar-refractivity contribution in [3.63, 3.8) is 0 Å². The number of nitrogens with zero attached hydrogens (tertiary/aromatic N) is 1. The standard InChI is InChI=1S/C16H15F3N2O2S/c17-16(18,19)23-12-8-4-1-5-10(12)9-13-14(22)21-15(24-13)20-11-6-2-3-7-11/h1,4-5,8-9,11H,2-3,6-7H2,(H,20,21,22)/b13-9+. The summed E-state index contributed by atoms with van der Waals surface area (Å²) in [5.41, 5.74) is 0.189. The minimum absolute atomic E-state index is 0.189. The van der Waals surface area contributed by atoms with E-state index in [1.165, 1.54) is 24.3 Å². The van der Waals surface area contributed by atoms with E-state index in [9.17, 15) is 18.0 Å². The van der Waals surface area contributed by atoms with Crippen LogP contribution in [0.25, 0.3) is 6.08 Å². The average molecular weight is 356 g/mol. The molecule has 1 amide bonds. The molecule has 0 spiro atoms. The van der Waals surface area contributed by atoms with Crippen LogP contribution in [0.15, 0.2) is 34.2 Å². The van der Waals surface area contributed by atoms with Gasteiger partial charge in [0.25, 0.3) is 5.91 Å². The molecule has 0 bridgehead atoms. The van der Waals surface area contributed by atoms with Crippen molar-refractivity contribution in [2.24, 2.45) is 4.99 Å². The average Bonchev–Trinajstić information content (AvgIpc) is 3.10. The summed E-state index contributed by atoms with van der Waals surface area (Å²) in [5.74, 6) is -0.703. The third-order valence-electron chi connectivity index (χ3n) is 3.71. The van der Waals surface area contributed by atoms with Crippen LogP contribution in [0.3, 0.4) is 0 Å². The first kappa shape index (κ1) is 16.9. The molecule has 1 saturated carbocycles. The molecule has 1 saturated heterocycles. The normalized spacial score (nSPS) is 22.4. The lowest BCUT2D eigenvalue weighted by molar-refractivity contribution is -0.274. The van der Waals surface area contributed by atoms with Gasteiger partial charge in [0.05, 0.1) is 10.9 Å². The highest BCUT2D eigenvalue weighted by Gasteiger charge is 2.32. The summed E-state index contributed by atoms with van der Waals surface area (Å²) in [6.07, 6.45) is 0.866. The molecule has 1 N–H and O–H groups in total. The molecule has 0 aromatic heterocycles. The van der Waals surface area contributed by atoms with E-state index < -0.39 is 6.36 Å². The zero-order valence-corrected chi connectivity index (χ0v) is 13.4. The van der Waals surface area contributed by atoms with Gasteiger partial charge in [-0.05, 0) is 36.7 Å². The fourth-order valence-corrected chi connectivity index (χ4v) is 3.53. The monoisotopic (exact) mass is 356 g/mol. The van der Waals surface area contributed by atoms with Gasteiger partial charge in [-0.3, -0.25) is 9.79 Å². The number of hydrogen-bond donors (Lipinski definition) is 1. The summed E-state index contributed by atoms with van der Waals surface area (Å²) in [4.78, 5) is 16.8. The van der Waals surface area contributed by atoms with E-state index in [2.05, 4.69) is 15.0 Å². The number of carbonyl (C=O) groups is 1. The molecule has 0 unspecified atom stereocenters. The highest BCUT2D eigenvalue weighted by Crippen LogP contribution is 2.32. The minimum Gasteiger partial charge on any atom is -0.405 e. The molecule has 0 atom stereocenters. The summed E-state index contributed by atoms with van der Waals surface area (Å²) in [6, 6.07) is 5.92. The van der Waals surface area contributed by atoms with Crippen LogP contribution < -0.4 is 10.1 Å². The number of hydrogen-bond acceptors (Lipinski definition) is 4. The molecule has 1 aromatic rings. The number of amidine groups is 1. The van der Waals surface area contributed by atoms with Gasteiger partial charge in [0.15, 0.2) is 5.17 Å². The lowest BCUT2D eigenvalue weighted by Crippen LogP contribution is -2.21. The summed E-state index contributed by atoms with van der Waals surface area (Å²) >= 11 is 1.14.